The van der Waals surface area contributed by atoms with Crippen molar-refractivity contribution < 1.29 is 4.74 Å². The molecule has 0 spiro atoms. The maximum absolute atomic E-state index is 5.81. The lowest BCUT2D eigenvalue weighted by Crippen LogP contribution is -2.38. The Bertz CT molecular complexity index is 254. The van der Waals surface area contributed by atoms with Crippen LogP contribution in [0.5, 0.6) is 0 Å². The summed E-state index contributed by atoms with van der Waals surface area (Å²) in [6.07, 6.45) is 3.23. The molecule has 0 bridgehead atoms. The molecule has 1 heterocycles. The molecule has 78 valence electrons. The molecular weight excluding hydrogens is 180 g/mol. The first-order valence-electron chi connectivity index (χ1n) is 4.45. The van der Waals surface area contributed by atoms with E-state index in [9.17, 15) is 0 Å². The summed E-state index contributed by atoms with van der Waals surface area (Å²) in [6, 6.07) is 1.85. The van der Waals surface area contributed by atoms with Crippen LogP contribution in [0.3, 0.4) is 0 Å². The summed E-state index contributed by atoms with van der Waals surface area (Å²) in [7, 11) is 3.59. The minimum atomic E-state index is -0.0000321. The molecule has 2 N–H and O–H groups in total. The summed E-state index contributed by atoms with van der Waals surface area (Å²) in [5.74, 6) is 0.867. The molecule has 0 aliphatic carbocycles. The van der Waals surface area contributed by atoms with Crippen LogP contribution in [0.1, 0.15) is 0 Å². The number of ether oxygens (including phenoxy) is 1. The van der Waals surface area contributed by atoms with Crippen molar-refractivity contribution in [1.82, 2.24) is 9.97 Å². The maximum Gasteiger partial charge on any atom is 0.131 e. The largest absolute Gasteiger partial charge is 0.383 e. The van der Waals surface area contributed by atoms with Gasteiger partial charge in [-0.3, -0.25) is 0 Å². The standard InChI is InChI=1S/C9H16N4O/c1-13(5-8(10)6-14-2)9-3-4-11-7-12-9/h3-4,7-8H,5-6,10H2,1-2H3. The number of hydrogen-bond acceptors (Lipinski definition) is 5. The zero-order chi connectivity index (χ0) is 10.4. The third kappa shape index (κ3) is 3.27. The predicted molar refractivity (Wildman–Crippen MR) is 55.2 cm³/mol. The zero-order valence-corrected chi connectivity index (χ0v) is 8.55. The van der Waals surface area contributed by atoms with E-state index in [4.69, 9.17) is 10.5 Å². The molecule has 14 heavy (non-hydrogen) atoms. The van der Waals surface area contributed by atoms with Crippen molar-refractivity contribution in [1.29, 1.82) is 0 Å². The molecule has 0 aromatic carbocycles. The topological polar surface area (TPSA) is 64.3 Å². The van der Waals surface area contributed by atoms with Gasteiger partial charge in [-0.05, 0) is 6.07 Å². The lowest BCUT2D eigenvalue weighted by molar-refractivity contribution is 0.181. The molecule has 0 aliphatic rings. The summed E-state index contributed by atoms with van der Waals surface area (Å²) < 4.78 is 4.96. The molecule has 0 radical (unpaired) electrons. The van der Waals surface area contributed by atoms with Gasteiger partial charge in [0.05, 0.1) is 6.61 Å². The van der Waals surface area contributed by atoms with E-state index in [-0.39, 0.29) is 6.04 Å². The van der Waals surface area contributed by atoms with Gasteiger partial charge in [0.15, 0.2) is 0 Å². The number of nitrogens with two attached hydrogens (primary N) is 1. The van der Waals surface area contributed by atoms with Crippen LogP contribution in [0.25, 0.3) is 0 Å². The van der Waals surface area contributed by atoms with Crippen LogP contribution in [0, 0.1) is 0 Å². The minimum absolute atomic E-state index is 0.0000321. The molecule has 0 fully saturated rings. The summed E-state index contributed by atoms with van der Waals surface area (Å²) in [5.41, 5.74) is 5.81. The van der Waals surface area contributed by atoms with E-state index in [1.807, 2.05) is 18.0 Å². The van der Waals surface area contributed by atoms with Gasteiger partial charge in [-0.15, -0.1) is 0 Å². The Balaban J connectivity index is 2.46. The fourth-order valence-corrected chi connectivity index (χ4v) is 1.22. The van der Waals surface area contributed by atoms with E-state index in [2.05, 4.69) is 9.97 Å². The summed E-state index contributed by atoms with van der Waals surface area (Å²) in [6.45, 7) is 1.26. The summed E-state index contributed by atoms with van der Waals surface area (Å²) in [4.78, 5) is 9.94. The zero-order valence-electron chi connectivity index (χ0n) is 8.55. The molecule has 1 aromatic rings. The second kappa shape index (κ2) is 5.51. The van der Waals surface area contributed by atoms with Crippen LogP contribution in [-0.2, 0) is 4.74 Å². The van der Waals surface area contributed by atoms with E-state index >= 15 is 0 Å². The van der Waals surface area contributed by atoms with Crippen molar-refractivity contribution >= 4 is 5.82 Å². The van der Waals surface area contributed by atoms with E-state index in [0.29, 0.717) is 13.2 Å². The Labute approximate surface area is 83.9 Å². The van der Waals surface area contributed by atoms with E-state index in [0.717, 1.165) is 5.82 Å². The molecular formula is C9H16N4O. The summed E-state index contributed by atoms with van der Waals surface area (Å²) in [5, 5.41) is 0. The predicted octanol–water partition coefficient (Wildman–Crippen LogP) is -0.114. The molecule has 1 aromatic heterocycles. The molecule has 0 amide bonds. The average Bonchev–Trinajstić information content (AvgIpc) is 2.19. The number of nitrogens with zero attached hydrogens (tertiary/aromatic N) is 3. The number of hydrogen-bond donors (Lipinski definition) is 1. The van der Waals surface area contributed by atoms with Crippen LogP contribution < -0.4 is 10.6 Å². The molecule has 0 aliphatic heterocycles. The third-order valence-electron chi connectivity index (χ3n) is 1.85. The smallest absolute Gasteiger partial charge is 0.131 e. The first-order chi connectivity index (χ1) is 6.74. The molecule has 1 unspecified atom stereocenters. The van der Waals surface area contributed by atoms with Crippen molar-refractivity contribution in [2.45, 2.75) is 6.04 Å². The first-order valence-corrected chi connectivity index (χ1v) is 4.45. The Morgan fingerprint density at radius 2 is 2.43 bits per heavy atom. The van der Waals surface area contributed by atoms with Crippen LogP contribution >= 0.6 is 0 Å². The van der Waals surface area contributed by atoms with Gasteiger partial charge in [0.2, 0.25) is 0 Å². The van der Waals surface area contributed by atoms with Gasteiger partial charge in [-0.25, -0.2) is 9.97 Å². The minimum Gasteiger partial charge on any atom is -0.383 e. The van der Waals surface area contributed by atoms with Crippen molar-refractivity contribution in [2.75, 3.05) is 32.2 Å². The summed E-state index contributed by atoms with van der Waals surface area (Å²) >= 11 is 0. The second-order valence-corrected chi connectivity index (χ2v) is 3.16. The van der Waals surface area contributed by atoms with Crippen molar-refractivity contribution in [3.63, 3.8) is 0 Å². The van der Waals surface area contributed by atoms with Crippen molar-refractivity contribution in [2.24, 2.45) is 5.73 Å². The lowest BCUT2D eigenvalue weighted by Gasteiger charge is -2.21. The highest BCUT2D eigenvalue weighted by Crippen LogP contribution is 2.05. The van der Waals surface area contributed by atoms with Crippen molar-refractivity contribution in [3.8, 4) is 0 Å². The van der Waals surface area contributed by atoms with Gasteiger partial charge >= 0.3 is 0 Å². The fraction of sp³-hybridized carbons (Fsp3) is 0.556. The number of methoxy groups -OCH3 is 1. The quantitative estimate of drug-likeness (QED) is 0.711. The third-order valence-corrected chi connectivity index (χ3v) is 1.85. The Kier molecular flexibility index (Phi) is 4.28. The Morgan fingerprint density at radius 3 is 3.00 bits per heavy atom. The first kappa shape index (κ1) is 10.9. The van der Waals surface area contributed by atoms with E-state index < -0.39 is 0 Å². The number of anilines is 1. The molecule has 0 saturated carbocycles. The van der Waals surface area contributed by atoms with Gasteiger partial charge in [-0.2, -0.15) is 0 Å². The Morgan fingerprint density at radius 1 is 1.64 bits per heavy atom. The van der Waals surface area contributed by atoms with Gasteiger partial charge in [-0.1, -0.05) is 0 Å². The number of aromatic nitrogens is 2. The number of rotatable bonds is 5. The second-order valence-electron chi connectivity index (χ2n) is 3.16. The molecule has 1 atom stereocenters. The lowest BCUT2D eigenvalue weighted by atomic mass is 10.3. The SMILES string of the molecule is COCC(N)CN(C)c1ccncn1. The van der Waals surface area contributed by atoms with E-state index in [1.54, 1.807) is 13.3 Å². The van der Waals surface area contributed by atoms with Gasteiger partial charge in [0.1, 0.15) is 12.1 Å². The average molecular weight is 196 g/mol. The highest BCUT2D eigenvalue weighted by molar-refractivity contribution is 5.35. The van der Waals surface area contributed by atoms with Crippen LogP contribution in [0.4, 0.5) is 5.82 Å². The van der Waals surface area contributed by atoms with Gasteiger partial charge in [0.25, 0.3) is 0 Å². The Hall–Kier alpha value is -1.20. The fourth-order valence-electron chi connectivity index (χ4n) is 1.22. The van der Waals surface area contributed by atoms with Gasteiger partial charge in [0, 0.05) is 32.9 Å². The monoisotopic (exact) mass is 196 g/mol. The molecule has 5 heteroatoms. The van der Waals surface area contributed by atoms with E-state index in [1.165, 1.54) is 6.33 Å². The van der Waals surface area contributed by atoms with Crippen LogP contribution in [-0.4, -0.2) is 43.3 Å². The molecule has 5 nitrogen and oxygen atoms in total. The van der Waals surface area contributed by atoms with Crippen LogP contribution in [0.15, 0.2) is 18.6 Å². The normalized spacial score (nSPS) is 12.5. The van der Waals surface area contributed by atoms with Gasteiger partial charge < -0.3 is 15.4 Å². The van der Waals surface area contributed by atoms with Crippen molar-refractivity contribution in [3.05, 3.63) is 18.6 Å². The number of likely N-dealkylation sites (N-methyl/N-ethyl adjacent to an activating group) is 1. The highest BCUT2D eigenvalue weighted by Gasteiger charge is 2.07. The maximum atomic E-state index is 5.81. The highest BCUT2D eigenvalue weighted by atomic mass is 16.5. The molecule has 0 saturated heterocycles. The molecule has 1 rings (SSSR count). The van der Waals surface area contributed by atoms with Crippen LogP contribution in [0.2, 0.25) is 0 Å².